The van der Waals surface area contributed by atoms with Crippen LogP contribution in [0.2, 0.25) is 0 Å². The summed E-state index contributed by atoms with van der Waals surface area (Å²) in [7, 11) is 0. The summed E-state index contributed by atoms with van der Waals surface area (Å²) < 4.78 is 5.72. The molecular formula is C11H10BrN3O2. The van der Waals surface area contributed by atoms with E-state index in [1.54, 1.807) is 12.1 Å². The van der Waals surface area contributed by atoms with Gasteiger partial charge in [-0.25, -0.2) is 4.98 Å². The van der Waals surface area contributed by atoms with Gasteiger partial charge in [0.2, 0.25) is 5.88 Å². The van der Waals surface area contributed by atoms with Crippen LogP contribution in [0, 0.1) is 6.92 Å². The van der Waals surface area contributed by atoms with Crippen LogP contribution in [-0.4, -0.2) is 9.97 Å². The summed E-state index contributed by atoms with van der Waals surface area (Å²) in [5.41, 5.74) is 7.06. The Kier molecular flexibility index (Phi) is 3.14. The number of aryl methyl sites for hydroxylation is 1. The molecule has 0 saturated carbocycles. The highest BCUT2D eigenvalue weighted by Gasteiger charge is 2.08. The van der Waals surface area contributed by atoms with Gasteiger partial charge >= 0.3 is 0 Å². The van der Waals surface area contributed by atoms with Crippen molar-refractivity contribution in [2.75, 3.05) is 5.73 Å². The van der Waals surface area contributed by atoms with E-state index < -0.39 is 0 Å². The molecule has 0 aliphatic heterocycles. The molecule has 0 aliphatic carbocycles. The SMILES string of the molecule is Cc1ccc(Oc2nc[nH]c(=O)c2Br)cc1N. The fourth-order valence-electron chi connectivity index (χ4n) is 1.23. The monoisotopic (exact) mass is 295 g/mol. The Labute approximate surface area is 106 Å². The lowest BCUT2D eigenvalue weighted by Crippen LogP contribution is -2.08. The summed E-state index contributed by atoms with van der Waals surface area (Å²) in [6.07, 6.45) is 1.28. The molecule has 0 spiro atoms. The van der Waals surface area contributed by atoms with Crippen LogP contribution in [0.25, 0.3) is 0 Å². The van der Waals surface area contributed by atoms with Crippen molar-refractivity contribution in [3.63, 3.8) is 0 Å². The van der Waals surface area contributed by atoms with E-state index in [0.717, 1.165) is 5.56 Å². The first-order valence-electron chi connectivity index (χ1n) is 4.85. The van der Waals surface area contributed by atoms with E-state index in [9.17, 15) is 4.79 Å². The van der Waals surface area contributed by atoms with Gasteiger partial charge in [0.05, 0.1) is 6.33 Å². The molecule has 0 bridgehead atoms. The third-order valence-corrected chi connectivity index (χ3v) is 2.93. The van der Waals surface area contributed by atoms with Crippen LogP contribution in [0.3, 0.4) is 0 Å². The second-order valence-corrected chi connectivity index (χ2v) is 4.26. The number of H-pyrrole nitrogens is 1. The van der Waals surface area contributed by atoms with E-state index in [0.29, 0.717) is 11.4 Å². The summed E-state index contributed by atoms with van der Waals surface area (Å²) >= 11 is 3.11. The molecule has 0 radical (unpaired) electrons. The molecule has 6 heteroatoms. The Balaban J connectivity index is 2.35. The van der Waals surface area contributed by atoms with E-state index in [4.69, 9.17) is 10.5 Å². The number of benzene rings is 1. The van der Waals surface area contributed by atoms with Crippen molar-refractivity contribution in [2.24, 2.45) is 0 Å². The van der Waals surface area contributed by atoms with E-state index in [1.165, 1.54) is 6.33 Å². The first-order valence-corrected chi connectivity index (χ1v) is 5.64. The third-order valence-electron chi connectivity index (χ3n) is 2.23. The molecule has 0 fully saturated rings. The summed E-state index contributed by atoms with van der Waals surface area (Å²) in [6, 6.07) is 5.29. The minimum atomic E-state index is -0.296. The molecule has 0 aliphatic rings. The number of nitrogens with zero attached hydrogens (tertiary/aromatic N) is 1. The van der Waals surface area contributed by atoms with Gasteiger partial charge in [-0.05, 0) is 34.5 Å². The number of hydrogen-bond donors (Lipinski definition) is 2. The quantitative estimate of drug-likeness (QED) is 0.833. The second-order valence-electron chi connectivity index (χ2n) is 3.47. The maximum atomic E-state index is 11.3. The number of aromatic amines is 1. The van der Waals surface area contributed by atoms with E-state index in [2.05, 4.69) is 25.9 Å². The maximum absolute atomic E-state index is 11.3. The number of nitrogens with two attached hydrogens (primary N) is 1. The zero-order valence-electron chi connectivity index (χ0n) is 9.03. The summed E-state index contributed by atoms with van der Waals surface area (Å²) in [5, 5.41) is 0. The predicted molar refractivity (Wildman–Crippen MR) is 68.2 cm³/mol. The van der Waals surface area contributed by atoms with Crippen molar-refractivity contribution in [1.82, 2.24) is 9.97 Å². The molecule has 88 valence electrons. The Morgan fingerprint density at radius 1 is 1.47 bits per heavy atom. The molecule has 1 aromatic carbocycles. The largest absolute Gasteiger partial charge is 0.438 e. The van der Waals surface area contributed by atoms with Crippen LogP contribution in [0.4, 0.5) is 5.69 Å². The van der Waals surface area contributed by atoms with Crippen LogP contribution in [0.5, 0.6) is 11.6 Å². The van der Waals surface area contributed by atoms with E-state index in [-0.39, 0.29) is 15.9 Å². The standard InChI is InChI=1S/C11H10BrN3O2/c1-6-2-3-7(4-8(6)13)17-11-9(12)10(16)14-5-15-11/h2-5H,13H2,1H3,(H,14,15,16). The number of nitrogen functional groups attached to an aromatic ring is 1. The average molecular weight is 296 g/mol. The molecule has 2 rings (SSSR count). The number of halogens is 1. The summed E-state index contributed by atoms with van der Waals surface area (Å²) in [5.74, 6) is 0.740. The highest BCUT2D eigenvalue weighted by Crippen LogP contribution is 2.26. The van der Waals surface area contributed by atoms with Gasteiger partial charge in [-0.15, -0.1) is 0 Å². The first-order chi connectivity index (χ1) is 8.08. The number of nitrogens with one attached hydrogen (secondary N) is 1. The number of hydrogen-bond acceptors (Lipinski definition) is 4. The van der Waals surface area contributed by atoms with E-state index >= 15 is 0 Å². The van der Waals surface area contributed by atoms with Crippen LogP contribution in [0.15, 0.2) is 33.8 Å². The fourth-order valence-corrected chi connectivity index (χ4v) is 1.53. The third kappa shape index (κ3) is 2.47. The zero-order chi connectivity index (χ0) is 12.4. The Morgan fingerprint density at radius 3 is 2.94 bits per heavy atom. The van der Waals surface area contributed by atoms with Gasteiger partial charge < -0.3 is 15.5 Å². The maximum Gasteiger partial charge on any atom is 0.268 e. The molecule has 0 saturated heterocycles. The summed E-state index contributed by atoms with van der Waals surface area (Å²) in [6.45, 7) is 1.90. The van der Waals surface area contributed by atoms with Gasteiger partial charge in [-0.2, -0.15) is 0 Å². The average Bonchev–Trinajstić information content (AvgIpc) is 2.30. The minimum Gasteiger partial charge on any atom is -0.438 e. The van der Waals surface area contributed by atoms with Crippen LogP contribution in [0.1, 0.15) is 5.56 Å². The normalized spacial score (nSPS) is 10.2. The first kappa shape index (κ1) is 11.7. The predicted octanol–water partition coefficient (Wildman–Crippen LogP) is 2.22. The minimum absolute atomic E-state index is 0.206. The van der Waals surface area contributed by atoms with Crippen LogP contribution < -0.4 is 16.0 Å². The smallest absolute Gasteiger partial charge is 0.268 e. The molecule has 17 heavy (non-hydrogen) atoms. The van der Waals surface area contributed by atoms with Gasteiger partial charge in [-0.1, -0.05) is 6.07 Å². The number of anilines is 1. The molecule has 0 amide bonds. The molecule has 2 aromatic rings. The van der Waals surface area contributed by atoms with Crippen molar-refractivity contribution in [3.05, 3.63) is 44.9 Å². The Hall–Kier alpha value is -1.82. The van der Waals surface area contributed by atoms with Gasteiger partial charge in [0.1, 0.15) is 10.2 Å². The lowest BCUT2D eigenvalue weighted by atomic mass is 10.2. The molecular weight excluding hydrogens is 286 g/mol. The second kappa shape index (κ2) is 4.58. The summed E-state index contributed by atoms with van der Waals surface area (Å²) in [4.78, 5) is 17.7. The van der Waals surface area contributed by atoms with Gasteiger partial charge in [0.15, 0.2) is 0 Å². The van der Waals surface area contributed by atoms with Crippen molar-refractivity contribution >= 4 is 21.6 Å². The van der Waals surface area contributed by atoms with Gasteiger partial charge in [0.25, 0.3) is 5.56 Å². The Bertz CT molecular complexity index is 610. The number of aromatic nitrogens is 2. The lowest BCUT2D eigenvalue weighted by molar-refractivity contribution is 0.457. The highest BCUT2D eigenvalue weighted by molar-refractivity contribution is 9.10. The van der Waals surface area contributed by atoms with Crippen molar-refractivity contribution < 1.29 is 4.74 Å². The number of ether oxygens (including phenoxy) is 1. The molecule has 3 N–H and O–H groups in total. The van der Waals surface area contributed by atoms with Gasteiger partial charge in [0, 0.05) is 11.8 Å². The highest BCUT2D eigenvalue weighted by atomic mass is 79.9. The van der Waals surface area contributed by atoms with Crippen LogP contribution in [-0.2, 0) is 0 Å². The van der Waals surface area contributed by atoms with E-state index in [1.807, 2.05) is 13.0 Å². The van der Waals surface area contributed by atoms with Crippen molar-refractivity contribution in [3.8, 4) is 11.6 Å². The molecule has 1 aromatic heterocycles. The zero-order valence-corrected chi connectivity index (χ0v) is 10.6. The molecule has 1 heterocycles. The van der Waals surface area contributed by atoms with Crippen LogP contribution >= 0.6 is 15.9 Å². The van der Waals surface area contributed by atoms with Crippen molar-refractivity contribution in [2.45, 2.75) is 6.92 Å². The van der Waals surface area contributed by atoms with Gasteiger partial charge in [-0.3, -0.25) is 4.79 Å². The molecule has 0 atom stereocenters. The lowest BCUT2D eigenvalue weighted by Gasteiger charge is -2.07. The topological polar surface area (TPSA) is 81.0 Å². The van der Waals surface area contributed by atoms with Crippen molar-refractivity contribution in [1.29, 1.82) is 0 Å². The fraction of sp³-hybridized carbons (Fsp3) is 0.0909. The Morgan fingerprint density at radius 2 is 2.24 bits per heavy atom. The molecule has 5 nitrogen and oxygen atoms in total. The number of rotatable bonds is 2. The molecule has 0 unspecified atom stereocenters.